The number of nitrogens with one attached hydrogen (secondary N) is 3. The van der Waals surface area contributed by atoms with Gasteiger partial charge in [-0.25, -0.2) is 0 Å². The van der Waals surface area contributed by atoms with Gasteiger partial charge < -0.3 is 0 Å². The first-order valence-electron chi connectivity index (χ1n) is 4.04. The lowest BCUT2D eigenvalue weighted by Crippen LogP contribution is -2.37. The fourth-order valence-electron chi connectivity index (χ4n) is 0.797. The van der Waals surface area contributed by atoms with Crippen molar-refractivity contribution in [3.05, 3.63) is 11.8 Å². The lowest BCUT2D eigenvalue weighted by Gasteiger charge is -2.10. The van der Waals surface area contributed by atoms with Gasteiger partial charge in [-0.15, -0.1) is 0 Å². The van der Waals surface area contributed by atoms with Gasteiger partial charge in [0.05, 0.1) is 6.20 Å². The van der Waals surface area contributed by atoms with E-state index < -0.39 is 22.9 Å². The number of alkyl halides is 3. The summed E-state index contributed by atoms with van der Waals surface area (Å²) in [4.78, 5) is 0. The topological polar surface area (TPSA) is 86.9 Å². The minimum absolute atomic E-state index is 0.0228. The molecule has 0 fully saturated rings. The highest BCUT2D eigenvalue weighted by Crippen LogP contribution is 2.14. The van der Waals surface area contributed by atoms with Crippen LogP contribution in [0.15, 0.2) is 6.20 Å². The Kier molecular flexibility index (Phi) is 3.43. The molecule has 0 aliphatic rings. The molecule has 0 saturated carbocycles. The van der Waals surface area contributed by atoms with Gasteiger partial charge in [-0.05, 0) is 6.92 Å². The van der Waals surface area contributed by atoms with Gasteiger partial charge in [0.25, 0.3) is 0 Å². The molecule has 92 valence electrons. The van der Waals surface area contributed by atoms with Crippen molar-refractivity contribution in [3.8, 4) is 0 Å². The average molecular weight is 258 g/mol. The first-order chi connectivity index (χ1) is 7.20. The van der Waals surface area contributed by atoms with Crippen molar-refractivity contribution in [2.75, 3.05) is 11.3 Å². The Labute approximate surface area is 89.4 Å². The van der Waals surface area contributed by atoms with Gasteiger partial charge in [0, 0.05) is 5.56 Å². The fraction of sp³-hybridized carbons (Fsp3) is 0.500. The molecule has 0 bridgehead atoms. The molecule has 0 atom stereocenters. The number of aromatic nitrogens is 2. The van der Waals surface area contributed by atoms with Crippen molar-refractivity contribution >= 4 is 16.0 Å². The van der Waals surface area contributed by atoms with Crippen molar-refractivity contribution in [1.29, 1.82) is 0 Å². The van der Waals surface area contributed by atoms with Crippen LogP contribution >= 0.6 is 0 Å². The maximum absolute atomic E-state index is 11.8. The Balaban J connectivity index is 2.63. The Morgan fingerprint density at radius 3 is 2.56 bits per heavy atom. The van der Waals surface area contributed by atoms with Gasteiger partial charge in [-0.1, -0.05) is 0 Å². The van der Waals surface area contributed by atoms with E-state index in [9.17, 15) is 21.6 Å². The highest BCUT2D eigenvalue weighted by atomic mass is 32.2. The molecule has 0 unspecified atom stereocenters. The van der Waals surface area contributed by atoms with Crippen molar-refractivity contribution in [1.82, 2.24) is 14.9 Å². The minimum atomic E-state index is -4.60. The number of rotatable bonds is 4. The number of hydrogen-bond donors (Lipinski definition) is 3. The van der Waals surface area contributed by atoms with Crippen molar-refractivity contribution in [2.45, 2.75) is 13.1 Å². The van der Waals surface area contributed by atoms with Gasteiger partial charge in [0.15, 0.2) is 0 Å². The first kappa shape index (κ1) is 12.8. The van der Waals surface area contributed by atoms with E-state index in [1.807, 2.05) is 4.72 Å². The summed E-state index contributed by atoms with van der Waals surface area (Å²) in [7, 11) is -4.25. The third-order valence-electron chi connectivity index (χ3n) is 1.53. The second-order valence-corrected chi connectivity index (χ2v) is 4.47. The van der Waals surface area contributed by atoms with Gasteiger partial charge in [0.2, 0.25) is 0 Å². The predicted octanol–water partition coefficient (Wildman–Crippen LogP) is 0.527. The van der Waals surface area contributed by atoms with E-state index in [1.54, 1.807) is 6.92 Å². The van der Waals surface area contributed by atoms with Crippen LogP contribution in [0.4, 0.5) is 19.0 Å². The second kappa shape index (κ2) is 4.29. The van der Waals surface area contributed by atoms with Crippen LogP contribution in [0.1, 0.15) is 5.56 Å². The summed E-state index contributed by atoms with van der Waals surface area (Å²) in [5, 5.41) is 5.81. The molecule has 0 saturated heterocycles. The quantitative estimate of drug-likeness (QED) is 0.736. The van der Waals surface area contributed by atoms with Crippen LogP contribution in [0, 0.1) is 6.92 Å². The van der Waals surface area contributed by atoms with E-state index >= 15 is 0 Å². The van der Waals surface area contributed by atoms with E-state index in [0.717, 1.165) is 0 Å². The molecule has 0 spiro atoms. The third-order valence-corrected chi connectivity index (χ3v) is 2.53. The van der Waals surface area contributed by atoms with Crippen LogP contribution in [0.2, 0.25) is 0 Å². The summed E-state index contributed by atoms with van der Waals surface area (Å²) in [6, 6.07) is 0. The maximum Gasteiger partial charge on any atom is 0.402 e. The molecule has 3 N–H and O–H groups in total. The van der Waals surface area contributed by atoms with Crippen molar-refractivity contribution in [3.63, 3.8) is 0 Å². The van der Waals surface area contributed by atoms with Crippen LogP contribution in [-0.4, -0.2) is 31.3 Å². The van der Waals surface area contributed by atoms with Crippen LogP contribution < -0.4 is 9.44 Å². The molecule has 0 amide bonds. The summed E-state index contributed by atoms with van der Waals surface area (Å²) < 4.78 is 60.8. The molecular weight excluding hydrogens is 249 g/mol. The van der Waals surface area contributed by atoms with E-state index in [4.69, 9.17) is 0 Å². The van der Waals surface area contributed by atoms with Crippen LogP contribution in [-0.2, 0) is 10.2 Å². The first-order valence-corrected chi connectivity index (χ1v) is 5.52. The SMILES string of the molecule is Cc1cn[nH]c1NS(=O)(=O)NCC(F)(F)F. The molecular formula is C6H9F3N4O2S. The highest BCUT2D eigenvalue weighted by Gasteiger charge is 2.29. The minimum Gasteiger partial charge on any atom is -0.262 e. The number of aryl methyl sites for hydroxylation is 1. The summed E-state index contributed by atoms with van der Waals surface area (Å²) in [6.45, 7) is -0.0827. The van der Waals surface area contributed by atoms with Gasteiger partial charge >= 0.3 is 16.4 Å². The molecule has 1 aromatic rings. The number of halogens is 3. The van der Waals surface area contributed by atoms with Gasteiger partial charge in [0.1, 0.15) is 12.4 Å². The molecule has 10 heteroatoms. The van der Waals surface area contributed by atoms with Crippen LogP contribution in [0.5, 0.6) is 0 Å². The third kappa shape index (κ3) is 4.06. The molecule has 1 rings (SSSR count). The standard InChI is InChI=1S/C6H9F3N4O2S/c1-4-2-10-12-5(4)13-16(14,15)11-3-6(7,8)9/h2,11H,3H2,1H3,(H2,10,12,13). The zero-order chi connectivity index (χ0) is 12.4. The Morgan fingerprint density at radius 1 is 1.50 bits per heavy atom. The van der Waals surface area contributed by atoms with Crippen molar-refractivity contribution in [2.24, 2.45) is 0 Å². The van der Waals surface area contributed by atoms with E-state index in [0.29, 0.717) is 5.56 Å². The molecule has 1 aromatic heterocycles. The lowest BCUT2D eigenvalue weighted by atomic mass is 10.4. The Hall–Kier alpha value is -1.29. The Bertz CT molecular complexity index is 453. The van der Waals surface area contributed by atoms with E-state index in [1.165, 1.54) is 10.9 Å². The smallest absolute Gasteiger partial charge is 0.262 e. The number of hydrogen-bond acceptors (Lipinski definition) is 3. The lowest BCUT2D eigenvalue weighted by molar-refractivity contribution is -0.121. The number of anilines is 1. The summed E-state index contributed by atoms with van der Waals surface area (Å²) in [5.41, 5.74) is 0.470. The van der Waals surface area contributed by atoms with E-state index in [2.05, 4.69) is 10.2 Å². The highest BCUT2D eigenvalue weighted by molar-refractivity contribution is 7.90. The predicted molar refractivity (Wildman–Crippen MR) is 49.9 cm³/mol. The largest absolute Gasteiger partial charge is 0.402 e. The molecule has 0 aliphatic heterocycles. The molecule has 16 heavy (non-hydrogen) atoms. The summed E-state index contributed by atoms with van der Waals surface area (Å²) in [5.74, 6) is 0.0228. The summed E-state index contributed by atoms with van der Waals surface area (Å²) in [6.07, 6.45) is -3.26. The molecule has 0 radical (unpaired) electrons. The molecule has 0 aromatic carbocycles. The molecule has 0 aliphatic carbocycles. The summed E-state index contributed by atoms with van der Waals surface area (Å²) >= 11 is 0. The van der Waals surface area contributed by atoms with Gasteiger partial charge in [-0.2, -0.15) is 31.4 Å². The normalized spacial score (nSPS) is 12.8. The second-order valence-electron chi connectivity index (χ2n) is 2.97. The van der Waals surface area contributed by atoms with Gasteiger partial charge in [-0.3, -0.25) is 9.82 Å². The zero-order valence-corrected chi connectivity index (χ0v) is 8.91. The van der Waals surface area contributed by atoms with E-state index in [-0.39, 0.29) is 5.82 Å². The monoisotopic (exact) mass is 258 g/mol. The number of H-pyrrole nitrogens is 1. The average Bonchev–Trinajstić information content (AvgIpc) is 2.47. The van der Waals surface area contributed by atoms with Crippen LogP contribution in [0.3, 0.4) is 0 Å². The molecule has 1 heterocycles. The number of aromatic amines is 1. The number of nitrogens with zero attached hydrogens (tertiary/aromatic N) is 1. The zero-order valence-electron chi connectivity index (χ0n) is 8.09. The molecule has 6 nitrogen and oxygen atoms in total. The van der Waals surface area contributed by atoms with Crippen molar-refractivity contribution < 1.29 is 21.6 Å². The van der Waals surface area contributed by atoms with Crippen LogP contribution in [0.25, 0.3) is 0 Å². The fourth-order valence-corrected chi connectivity index (χ4v) is 1.70. The Morgan fingerprint density at radius 2 is 2.12 bits per heavy atom. The maximum atomic E-state index is 11.8.